The van der Waals surface area contributed by atoms with Crippen LogP contribution in [-0.4, -0.2) is 66.7 Å². The van der Waals surface area contributed by atoms with Crippen LogP contribution in [0.25, 0.3) is 0 Å². The third-order valence-electron chi connectivity index (χ3n) is 4.83. The number of nitrogens with zero attached hydrogens (tertiary/aromatic N) is 2. The van der Waals surface area contributed by atoms with Crippen molar-refractivity contribution < 1.29 is 9.53 Å². The molecule has 5 nitrogen and oxygen atoms in total. The molecule has 0 bridgehead atoms. The normalized spacial score (nSPS) is 26.9. The largest absolute Gasteiger partial charge is 0.465 e. The minimum atomic E-state index is -0.845. The summed E-state index contributed by atoms with van der Waals surface area (Å²) in [5.74, 6) is -0.276. The van der Waals surface area contributed by atoms with Crippen LogP contribution in [0, 0.1) is 0 Å². The maximum atomic E-state index is 11.8. The van der Waals surface area contributed by atoms with Crippen LogP contribution in [0.15, 0.2) is 0 Å². The topological polar surface area (TPSA) is 58.8 Å². The second kappa shape index (κ2) is 7.56. The minimum absolute atomic E-state index is 0.276. The van der Waals surface area contributed by atoms with Crippen molar-refractivity contribution in [3.05, 3.63) is 0 Å². The maximum absolute atomic E-state index is 11.8. The van der Waals surface area contributed by atoms with Gasteiger partial charge in [0.15, 0.2) is 0 Å². The predicted molar refractivity (Wildman–Crippen MR) is 84.1 cm³/mol. The Morgan fingerprint density at radius 1 is 1.33 bits per heavy atom. The van der Waals surface area contributed by atoms with E-state index in [2.05, 4.69) is 9.80 Å². The van der Waals surface area contributed by atoms with Gasteiger partial charge in [-0.3, -0.25) is 9.69 Å². The van der Waals surface area contributed by atoms with Gasteiger partial charge in [-0.15, -0.1) is 0 Å². The number of piperidine rings is 1. The number of carbonyl (C=O) groups is 1. The lowest BCUT2D eigenvalue weighted by atomic mass is 9.96. The molecule has 2 unspecified atom stereocenters. The zero-order chi connectivity index (χ0) is 15.3. The molecule has 21 heavy (non-hydrogen) atoms. The van der Waals surface area contributed by atoms with Crippen molar-refractivity contribution in [3.63, 3.8) is 0 Å². The second-order valence-electron chi connectivity index (χ2n) is 6.73. The summed E-state index contributed by atoms with van der Waals surface area (Å²) in [5, 5.41) is 0. The highest BCUT2D eigenvalue weighted by Crippen LogP contribution is 2.21. The number of fused-ring (bicyclic) bond motifs is 1. The Labute approximate surface area is 128 Å². The van der Waals surface area contributed by atoms with E-state index in [9.17, 15) is 4.79 Å². The molecular weight excluding hydrogens is 266 g/mol. The Morgan fingerprint density at radius 2 is 2.14 bits per heavy atom. The molecule has 2 aliphatic heterocycles. The van der Waals surface area contributed by atoms with Crippen LogP contribution in [0.3, 0.4) is 0 Å². The van der Waals surface area contributed by atoms with Crippen molar-refractivity contribution in [1.82, 2.24) is 9.80 Å². The number of esters is 1. The van der Waals surface area contributed by atoms with E-state index >= 15 is 0 Å². The molecule has 2 saturated heterocycles. The highest BCUT2D eigenvalue weighted by molar-refractivity contribution is 5.79. The van der Waals surface area contributed by atoms with E-state index in [0.29, 0.717) is 13.0 Å². The lowest BCUT2D eigenvalue weighted by Gasteiger charge is -2.44. The molecule has 0 aromatic rings. The third kappa shape index (κ3) is 4.66. The summed E-state index contributed by atoms with van der Waals surface area (Å²) in [6, 6.07) is 0.752. The summed E-state index contributed by atoms with van der Waals surface area (Å²) >= 11 is 0. The monoisotopic (exact) mass is 297 g/mol. The van der Waals surface area contributed by atoms with Crippen LogP contribution in [0.1, 0.15) is 46.0 Å². The first-order valence-electron chi connectivity index (χ1n) is 8.45. The van der Waals surface area contributed by atoms with Gasteiger partial charge in [0.05, 0.1) is 6.61 Å². The molecule has 2 heterocycles. The number of ether oxygens (including phenoxy) is 1. The van der Waals surface area contributed by atoms with Gasteiger partial charge in [-0.25, -0.2) is 0 Å². The molecule has 2 N–H and O–H groups in total. The van der Waals surface area contributed by atoms with E-state index in [-0.39, 0.29) is 5.97 Å². The van der Waals surface area contributed by atoms with Gasteiger partial charge < -0.3 is 15.4 Å². The third-order valence-corrected chi connectivity index (χ3v) is 4.83. The summed E-state index contributed by atoms with van der Waals surface area (Å²) in [6.07, 6.45) is 5.73. The Morgan fingerprint density at radius 3 is 2.90 bits per heavy atom. The van der Waals surface area contributed by atoms with Crippen molar-refractivity contribution in [2.75, 3.05) is 39.3 Å². The van der Waals surface area contributed by atoms with Gasteiger partial charge in [-0.05, 0) is 52.6 Å². The van der Waals surface area contributed by atoms with Crippen LogP contribution in [0.4, 0.5) is 0 Å². The highest BCUT2D eigenvalue weighted by Gasteiger charge is 2.31. The van der Waals surface area contributed by atoms with E-state index in [1.165, 1.54) is 38.9 Å². The zero-order valence-electron chi connectivity index (χ0n) is 13.6. The number of hydrogen-bond donors (Lipinski definition) is 1. The van der Waals surface area contributed by atoms with Gasteiger partial charge >= 0.3 is 5.97 Å². The highest BCUT2D eigenvalue weighted by atomic mass is 16.5. The number of carbonyl (C=O) groups excluding carboxylic acids is 1. The SMILES string of the molecule is CCOC(=O)C(C)(N)CCCN1CCN2CCCCC2C1. The fourth-order valence-electron chi connectivity index (χ4n) is 3.49. The van der Waals surface area contributed by atoms with E-state index < -0.39 is 5.54 Å². The Balaban J connectivity index is 1.70. The minimum Gasteiger partial charge on any atom is -0.465 e. The average Bonchev–Trinajstić information content (AvgIpc) is 2.47. The van der Waals surface area contributed by atoms with E-state index in [1.807, 2.05) is 6.92 Å². The summed E-state index contributed by atoms with van der Waals surface area (Å²) in [5.41, 5.74) is 5.22. The molecule has 0 spiro atoms. The average molecular weight is 297 g/mol. The molecule has 122 valence electrons. The first kappa shape index (κ1) is 16.7. The molecule has 5 heteroatoms. The number of piperazine rings is 1. The maximum Gasteiger partial charge on any atom is 0.325 e. The van der Waals surface area contributed by atoms with E-state index in [4.69, 9.17) is 10.5 Å². The molecule has 0 aromatic heterocycles. The first-order valence-corrected chi connectivity index (χ1v) is 8.45. The molecule has 0 saturated carbocycles. The van der Waals surface area contributed by atoms with Crippen LogP contribution >= 0.6 is 0 Å². The van der Waals surface area contributed by atoms with Gasteiger partial charge in [-0.2, -0.15) is 0 Å². The lowest BCUT2D eigenvalue weighted by Crippen LogP contribution is -2.55. The standard InChI is InChI=1S/C16H31N3O2/c1-3-21-15(20)16(2,17)8-6-9-18-11-12-19-10-5-4-7-14(19)13-18/h14H,3-13,17H2,1-2H3. The number of rotatable bonds is 6. The van der Waals surface area contributed by atoms with Crippen LogP contribution < -0.4 is 5.73 Å². The summed E-state index contributed by atoms with van der Waals surface area (Å²) in [4.78, 5) is 16.9. The van der Waals surface area contributed by atoms with E-state index in [0.717, 1.165) is 25.6 Å². The van der Waals surface area contributed by atoms with E-state index in [1.54, 1.807) is 6.92 Å². The van der Waals surface area contributed by atoms with Crippen LogP contribution in [0.5, 0.6) is 0 Å². The summed E-state index contributed by atoms with van der Waals surface area (Å²) in [7, 11) is 0. The van der Waals surface area contributed by atoms with Gasteiger partial charge in [0.25, 0.3) is 0 Å². The van der Waals surface area contributed by atoms with Crippen LogP contribution in [-0.2, 0) is 9.53 Å². The molecule has 2 atom stereocenters. The van der Waals surface area contributed by atoms with Crippen LogP contribution in [0.2, 0.25) is 0 Å². The fraction of sp³-hybridized carbons (Fsp3) is 0.938. The second-order valence-corrected chi connectivity index (χ2v) is 6.73. The van der Waals surface area contributed by atoms with Crippen molar-refractivity contribution in [3.8, 4) is 0 Å². The van der Waals surface area contributed by atoms with Gasteiger partial charge in [0, 0.05) is 25.7 Å². The van der Waals surface area contributed by atoms with Gasteiger partial charge in [-0.1, -0.05) is 6.42 Å². The Bertz CT molecular complexity index is 346. The van der Waals surface area contributed by atoms with Crippen molar-refractivity contribution in [1.29, 1.82) is 0 Å². The predicted octanol–water partition coefficient (Wildman–Crippen LogP) is 1.22. The molecular formula is C16H31N3O2. The quantitative estimate of drug-likeness (QED) is 0.747. The molecule has 0 aromatic carbocycles. The summed E-state index contributed by atoms with van der Waals surface area (Å²) < 4.78 is 5.04. The fourth-order valence-corrected chi connectivity index (χ4v) is 3.49. The Kier molecular flexibility index (Phi) is 6.02. The first-order chi connectivity index (χ1) is 10.0. The lowest BCUT2D eigenvalue weighted by molar-refractivity contribution is -0.149. The molecule has 2 aliphatic rings. The smallest absolute Gasteiger partial charge is 0.325 e. The van der Waals surface area contributed by atoms with Crippen molar-refractivity contribution >= 4 is 5.97 Å². The Hall–Kier alpha value is -0.650. The van der Waals surface area contributed by atoms with Gasteiger partial charge in [0.2, 0.25) is 0 Å². The zero-order valence-corrected chi connectivity index (χ0v) is 13.6. The van der Waals surface area contributed by atoms with Crippen molar-refractivity contribution in [2.24, 2.45) is 5.73 Å². The summed E-state index contributed by atoms with van der Waals surface area (Å²) in [6.45, 7) is 9.84. The van der Waals surface area contributed by atoms with Crippen molar-refractivity contribution in [2.45, 2.75) is 57.5 Å². The molecule has 0 amide bonds. The molecule has 0 aliphatic carbocycles. The number of nitrogens with two attached hydrogens (primary N) is 1. The molecule has 2 rings (SSSR count). The number of hydrogen-bond acceptors (Lipinski definition) is 5. The molecule has 2 fully saturated rings. The molecule has 0 radical (unpaired) electrons. The van der Waals surface area contributed by atoms with Gasteiger partial charge in [0.1, 0.15) is 5.54 Å².